The highest BCUT2D eigenvalue weighted by Gasteiger charge is 2.22. The van der Waals surface area contributed by atoms with Crippen LogP contribution in [-0.4, -0.2) is 30.2 Å². The van der Waals surface area contributed by atoms with E-state index in [2.05, 4.69) is 11.0 Å². The summed E-state index contributed by atoms with van der Waals surface area (Å²) in [5.74, 6) is 2.47. The molecule has 0 atom stereocenters. The van der Waals surface area contributed by atoms with Gasteiger partial charge in [0.2, 0.25) is 0 Å². The average Bonchev–Trinajstić information content (AvgIpc) is 3.29. The topological polar surface area (TPSA) is 62.0 Å². The van der Waals surface area contributed by atoms with Crippen molar-refractivity contribution in [3.63, 3.8) is 0 Å². The molecular formula is C19H18N4OS. The van der Waals surface area contributed by atoms with Crippen LogP contribution in [0.3, 0.4) is 0 Å². The number of nitriles is 1. The number of thiophene rings is 1. The first kappa shape index (κ1) is 15.9. The maximum absolute atomic E-state index is 9.40. The molecule has 5 nitrogen and oxygen atoms in total. The first-order chi connectivity index (χ1) is 12.2. The van der Waals surface area contributed by atoms with Crippen LogP contribution >= 0.6 is 11.3 Å². The van der Waals surface area contributed by atoms with E-state index in [0.29, 0.717) is 5.82 Å². The SMILES string of the molecule is COc1ccc(-c2nc(N3CCCC3)c3c(C)c(C#N)sc3n2)cc1. The van der Waals surface area contributed by atoms with Gasteiger partial charge in [0, 0.05) is 18.7 Å². The summed E-state index contributed by atoms with van der Waals surface area (Å²) < 4.78 is 5.23. The maximum Gasteiger partial charge on any atom is 0.163 e. The van der Waals surface area contributed by atoms with Gasteiger partial charge < -0.3 is 9.64 Å². The van der Waals surface area contributed by atoms with Crippen LogP contribution in [0.1, 0.15) is 23.3 Å². The fourth-order valence-electron chi connectivity index (χ4n) is 3.25. The van der Waals surface area contributed by atoms with Crippen LogP contribution in [0.25, 0.3) is 21.6 Å². The van der Waals surface area contributed by atoms with E-state index in [9.17, 15) is 5.26 Å². The number of hydrogen-bond donors (Lipinski definition) is 0. The summed E-state index contributed by atoms with van der Waals surface area (Å²) in [4.78, 5) is 13.6. The lowest BCUT2D eigenvalue weighted by molar-refractivity contribution is 0.415. The lowest BCUT2D eigenvalue weighted by atomic mass is 10.1. The fourth-order valence-corrected chi connectivity index (χ4v) is 4.22. The third-order valence-corrected chi connectivity index (χ3v) is 5.72. The van der Waals surface area contributed by atoms with Gasteiger partial charge in [-0.1, -0.05) is 0 Å². The van der Waals surface area contributed by atoms with Crippen molar-refractivity contribution in [3.05, 3.63) is 34.7 Å². The number of aromatic nitrogens is 2. The minimum absolute atomic E-state index is 0.697. The second-order valence-corrected chi connectivity index (χ2v) is 7.14. The Morgan fingerprint density at radius 3 is 2.52 bits per heavy atom. The van der Waals surface area contributed by atoms with Gasteiger partial charge in [0.25, 0.3) is 0 Å². The zero-order valence-corrected chi connectivity index (χ0v) is 15.1. The van der Waals surface area contributed by atoms with Crippen molar-refractivity contribution >= 4 is 27.4 Å². The highest BCUT2D eigenvalue weighted by molar-refractivity contribution is 7.19. The zero-order chi connectivity index (χ0) is 17.4. The first-order valence-corrected chi connectivity index (χ1v) is 9.13. The summed E-state index contributed by atoms with van der Waals surface area (Å²) in [6.45, 7) is 4.00. The normalized spacial score (nSPS) is 14.0. The Balaban J connectivity index is 1.92. The Morgan fingerprint density at radius 1 is 1.16 bits per heavy atom. The number of fused-ring (bicyclic) bond motifs is 1. The highest BCUT2D eigenvalue weighted by Crippen LogP contribution is 2.37. The van der Waals surface area contributed by atoms with Gasteiger partial charge in [-0.25, -0.2) is 9.97 Å². The van der Waals surface area contributed by atoms with Crippen LogP contribution in [0.5, 0.6) is 5.75 Å². The van der Waals surface area contributed by atoms with Crippen LogP contribution in [0.2, 0.25) is 0 Å². The summed E-state index contributed by atoms with van der Waals surface area (Å²) in [6.07, 6.45) is 2.36. The predicted octanol–water partition coefficient (Wildman–Crippen LogP) is 4.15. The molecule has 1 saturated heterocycles. The van der Waals surface area contributed by atoms with Gasteiger partial charge in [-0.15, -0.1) is 11.3 Å². The lowest BCUT2D eigenvalue weighted by Gasteiger charge is -2.18. The van der Waals surface area contributed by atoms with Gasteiger partial charge >= 0.3 is 0 Å². The van der Waals surface area contributed by atoms with Crippen molar-refractivity contribution in [3.8, 4) is 23.2 Å². The van der Waals surface area contributed by atoms with E-state index in [1.807, 2.05) is 31.2 Å². The second kappa shape index (κ2) is 6.34. The molecule has 126 valence electrons. The van der Waals surface area contributed by atoms with Crippen LogP contribution in [-0.2, 0) is 0 Å². The minimum atomic E-state index is 0.697. The number of methoxy groups -OCH3 is 1. The van der Waals surface area contributed by atoms with E-state index in [1.165, 1.54) is 24.2 Å². The molecule has 0 saturated carbocycles. The van der Waals surface area contributed by atoms with E-state index in [0.717, 1.165) is 50.9 Å². The monoisotopic (exact) mass is 350 g/mol. The lowest BCUT2D eigenvalue weighted by Crippen LogP contribution is -2.19. The van der Waals surface area contributed by atoms with Crippen molar-refractivity contribution in [1.29, 1.82) is 5.26 Å². The van der Waals surface area contributed by atoms with Gasteiger partial charge in [-0.3, -0.25) is 0 Å². The van der Waals surface area contributed by atoms with E-state index in [4.69, 9.17) is 14.7 Å². The van der Waals surface area contributed by atoms with E-state index in [-0.39, 0.29) is 0 Å². The number of anilines is 1. The molecule has 0 aliphatic carbocycles. The average molecular weight is 350 g/mol. The quantitative estimate of drug-likeness (QED) is 0.710. The molecule has 25 heavy (non-hydrogen) atoms. The van der Waals surface area contributed by atoms with Gasteiger partial charge in [0.05, 0.1) is 12.5 Å². The van der Waals surface area contributed by atoms with E-state index < -0.39 is 0 Å². The summed E-state index contributed by atoms with van der Waals surface area (Å²) in [7, 11) is 1.65. The van der Waals surface area contributed by atoms with Gasteiger partial charge in [0.1, 0.15) is 27.3 Å². The molecule has 1 aromatic carbocycles. The van der Waals surface area contributed by atoms with Gasteiger partial charge in [0.15, 0.2) is 5.82 Å². The molecule has 0 spiro atoms. The second-order valence-electron chi connectivity index (χ2n) is 6.14. The molecule has 0 unspecified atom stereocenters. The Morgan fingerprint density at radius 2 is 1.88 bits per heavy atom. The molecule has 0 N–H and O–H groups in total. The molecule has 6 heteroatoms. The Labute approximate surface area is 150 Å². The fraction of sp³-hybridized carbons (Fsp3) is 0.316. The first-order valence-electron chi connectivity index (χ1n) is 8.32. The maximum atomic E-state index is 9.40. The minimum Gasteiger partial charge on any atom is -0.497 e. The number of ether oxygens (including phenoxy) is 1. The summed E-state index contributed by atoms with van der Waals surface area (Å²) >= 11 is 1.45. The molecular weight excluding hydrogens is 332 g/mol. The van der Waals surface area contributed by atoms with Crippen molar-refractivity contribution in [2.24, 2.45) is 0 Å². The Kier molecular flexibility index (Phi) is 4.02. The van der Waals surface area contributed by atoms with E-state index in [1.54, 1.807) is 7.11 Å². The van der Waals surface area contributed by atoms with Gasteiger partial charge in [-0.2, -0.15) is 5.26 Å². The number of nitrogens with zero attached hydrogens (tertiary/aromatic N) is 4. The number of aryl methyl sites for hydroxylation is 1. The van der Waals surface area contributed by atoms with E-state index >= 15 is 0 Å². The highest BCUT2D eigenvalue weighted by atomic mass is 32.1. The van der Waals surface area contributed by atoms with Crippen LogP contribution in [0, 0.1) is 18.3 Å². The molecule has 4 rings (SSSR count). The summed E-state index contributed by atoms with van der Waals surface area (Å²) in [6, 6.07) is 10.1. The van der Waals surface area contributed by atoms with Crippen molar-refractivity contribution in [2.45, 2.75) is 19.8 Å². The zero-order valence-electron chi connectivity index (χ0n) is 14.2. The molecule has 1 aliphatic rings. The summed E-state index contributed by atoms with van der Waals surface area (Å²) in [5, 5.41) is 10.4. The molecule has 0 amide bonds. The van der Waals surface area contributed by atoms with Gasteiger partial charge in [-0.05, 0) is 49.6 Å². The Bertz CT molecular complexity index is 966. The van der Waals surface area contributed by atoms with Crippen molar-refractivity contribution in [2.75, 3.05) is 25.1 Å². The standard InChI is InChI=1S/C19H18N4OS/c1-12-15(11-20)25-19-16(12)18(23-9-3-4-10-23)21-17(22-19)13-5-7-14(24-2)8-6-13/h5-8H,3-4,9-10H2,1-2H3. The summed E-state index contributed by atoms with van der Waals surface area (Å²) in [5.41, 5.74) is 1.94. The molecule has 0 bridgehead atoms. The number of hydrogen-bond acceptors (Lipinski definition) is 6. The number of rotatable bonds is 3. The molecule has 2 aromatic heterocycles. The molecule has 3 aromatic rings. The number of benzene rings is 1. The molecule has 3 heterocycles. The van der Waals surface area contributed by atoms with Crippen LogP contribution in [0.15, 0.2) is 24.3 Å². The molecule has 1 aliphatic heterocycles. The Hall–Kier alpha value is -2.65. The molecule has 1 fully saturated rings. The van der Waals surface area contributed by atoms with Crippen LogP contribution in [0.4, 0.5) is 5.82 Å². The third kappa shape index (κ3) is 2.71. The van der Waals surface area contributed by atoms with Crippen LogP contribution < -0.4 is 9.64 Å². The molecule has 0 radical (unpaired) electrons. The largest absolute Gasteiger partial charge is 0.497 e. The van der Waals surface area contributed by atoms with Crippen molar-refractivity contribution < 1.29 is 4.74 Å². The third-order valence-electron chi connectivity index (χ3n) is 4.63. The predicted molar refractivity (Wildman–Crippen MR) is 100 cm³/mol. The smallest absolute Gasteiger partial charge is 0.163 e. The van der Waals surface area contributed by atoms with Crippen molar-refractivity contribution in [1.82, 2.24) is 9.97 Å².